The van der Waals surface area contributed by atoms with Crippen LogP contribution in [0, 0.1) is 0 Å². The Morgan fingerprint density at radius 1 is 1.40 bits per heavy atom. The summed E-state index contributed by atoms with van der Waals surface area (Å²) < 4.78 is 0. The molecule has 0 spiro atoms. The van der Waals surface area contributed by atoms with Gasteiger partial charge in [-0.15, -0.1) is 11.3 Å². The molecule has 0 atom stereocenters. The number of carbonyl (C=O) groups excluding carboxylic acids is 2. The van der Waals surface area contributed by atoms with Gasteiger partial charge in [0, 0.05) is 19.2 Å². The van der Waals surface area contributed by atoms with E-state index in [0.717, 1.165) is 0 Å². The third-order valence-corrected chi connectivity index (χ3v) is 2.89. The first kappa shape index (κ1) is 9.92. The maximum atomic E-state index is 11.6. The number of hydrogen-bond acceptors (Lipinski definition) is 4. The van der Waals surface area contributed by atoms with Crippen molar-refractivity contribution in [2.45, 2.75) is 0 Å². The van der Waals surface area contributed by atoms with Crippen LogP contribution in [-0.2, 0) is 4.79 Å². The van der Waals surface area contributed by atoms with E-state index in [1.54, 1.807) is 6.07 Å². The molecule has 5 heteroatoms. The van der Waals surface area contributed by atoms with E-state index in [9.17, 15) is 9.59 Å². The van der Waals surface area contributed by atoms with Crippen LogP contribution >= 0.6 is 11.3 Å². The van der Waals surface area contributed by atoms with Crippen molar-refractivity contribution in [2.75, 3.05) is 13.1 Å². The SMILES string of the molecule is O=C1NCCN/C1=C/C(=O)c1cccs1. The Hall–Kier alpha value is -1.62. The first-order chi connectivity index (χ1) is 7.27. The zero-order valence-electron chi connectivity index (χ0n) is 7.95. The smallest absolute Gasteiger partial charge is 0.267 e. The van der Waals surface area contributed by atoms with Gasteiger partial charge >= 0.3 is 0 Å². The van der Waals surface area contributed by atoms with Gasteiger partial charge in [-0.25, -0.2) is 0 Å². The zero-order valence-corrected chi connectivity index (χ0v) is 8.76. The first-order valence-corrected chi connectivity index (χ1v) is 5.47. The van der Waals surface area contributed by atoms with Gasteiger partial charge in [0.1, 0.15) is 5.70 Å². The third kappa shape index (κ3) is 2.24. The molecular weight excluding hydrogens is 212 g/mol. The minimum absolute atomic E-state index is 0.135. The Bertz CT molecular complexity index is 409. The second kappa shape index (κ2) is 4.27. The van der Waals surface area contributed by atoms with E-state index in [0.29, 0.717) is 23.7 Å². The van der Waals surface area contributed by atoms with Gasteiger partial charge in [0.25, 0.3) is 5.91 Å². The summed E-state index contributed by atoms with van der Waals surface area (Å²) in [6.45, 7) is 1.26. The molecule has 1 aliphatic rings. The number of allylic oxidation sites excluding steroid dienone is 1. The molecule has 1 aromatic rings. The number of thiophene rings is 1. The normalized spacial score (nSPS) is 18.4. The molecule has 1 amide bonds. The Balaban J connectivity index is 2.15. The van der Waals surface area contributed by atoms with E-state index < -0.39 is 0 Å². The number of amides is 1. The highest BCUT2D eigenvalue weighted by molar-refractivity contribution is 7.12. The molecule has 0 aromatic carbocycles. The summed E-state index contributed by atoms with van der Waals surface area (Å²) in [5.74, 6) is -0.351. The summed E-state index contributed by atoms with van der Waals surface area (Å²) in [6.07, 6.45) is 1.35. The van der Waals surface area contributed by atoms with Crippen LogP contribution < -0.4 is 10.6 Å². The summed E-state index contributed by atoms with van der Waals surface area (Å²) in [7, 11) is 0. The van der Waals surface area contributed by atoms with Crippen molar-refractivity contribution < 1.29 is 9.59 Å². The van der Waals surface area contributed by atoms with Crippen LogP contribution in [0.4, 0.5) is 0 Å². The van der Waals surface area contributed by atoms with Crippen LogP contribution in [0.15, 0.2) is 29.3 Å². The standard InChI is InChI=1S/C10H10N2O2S/c13-8(9-2-1-5-15-9)6-7-10(14)12-4-3-11-7/h1-2,5-6,11H,3-4H2,(H,12,14)/b7-6+. The van der Waals surface area contributed by atoms with Gasteiger partial charge in [0.15, 0.2) is 5.78 Å². The second-order valence-electron chi connectivity index (χ2n) is 3.08. The van der Waals surface area contributed by atoms with Crippen LogP contribution in [-0.4, -0.2) is 24.8 Å². The maximum Gasteiger partial charge on any atom is 0.267 e. The van der Waals surface area contributed by atoms with Gasteiger partial charge in [-0.3, -0.25) is 9.59 Å². The summed E-state index contributed by atoms with van der Waals surface area (Å²) in [6, 6.07) is 3.55. The van der Waals surface area contributed by atoms with Crippen molar-refractivity contribution in [1.82, 2.24) is 10.6 Å². The van der Waals surface area contributed by atoms with Crippen LogP contribution in [0.1, 0.15) is 9.67 Å². The van der Waals surface area contributed by atoms with Crippen molar-refractivity contribution in [1.29, 1.82) is 0 Å². The predicted octanol–water partition coefficient (Wildman–Crippen LogP) is 0.534. The molecule has 0 saturated carbocycles. The molecule has 1 fully saturated rings. The lowest BCUT2D eigenvalue weighted by atomic mass is 10.2. The minimum atomic E-state index is -0.217. The zero-order chi connectivity index (χ0) is 10.7. The third-order valence-electron chi connectivity index (χ3n) is 2.01. The molecule has 0 unspecified atom stereocenters. The summed E-state index contributed by atoms with van der Waals surface area (Å²) in [5.41, 5.74) is 0.347. The fourth-order valence-electron chi connectivity index (χ4n) is 1.29. The molecule has 0 bridgehead atoms. The molecule has 2 rings (SSSR count). The predicted molar refractivity (Wildman–Crippen MR) is 57.7 cm³/mol. The van der Waals surface area contributed by atoms with Crippen molar-refractivity contribution in [3.8, 4) is 0 Å². The Labute approximate surface area is 91.0 Å². The Morgan fingerprint density at radius 2 is 2.20 bits per heavy atom. The molecule has 0 radical (unpaired) electrons. The largest absolute Gasteiger partial charge is 0.379 e. The lowest BCUT2D eigenvalue weighted by Crippen LogP contribution is -2.43. The van der Waals surface area contributed by atoms with E-state index in [-0.39, 0.29) is 11.7 Å². The van der Waals surface area contributed by atoms with Gasteiger partial charge in [-0.05, 0) is 11.4 Å². The summed E-state index contributed by atoms with van der Waals surface area (Å²) in [4.78, 5) is 23.6. The van der Waals surface area contributed by atoms with Gasteiger partial charge in [0.05, 0.1) is 4.88 Å². The molecule has 15 heavy (non-hydrogen) atoms. The average molecular weight is 222 g/mol. The average Bonchev–Trinajstić information content (AvgIpc) is 2.74. The van der Waals surface area contributed by atoms with Crippen LogP contribution in [0.2, 0.25) is 0 Å². The first-order valence-electron chi connectivity index (χ1n) is 4.59. The number of nitrogens with one attached hydrogen (secondary N) is 2. The maximum absolute atomic E-state index is 11.6. The molecule has 0 aliphatic carbocycles. The van der Waals surface area contributed by atoms with E-state index in [1.165, 1.54) is 17.4 Å². The fraction of sp³-hybridized carbons (Fsp3) is 0.200. The molecule has 4 nitrogen and oxygen atoms in total. The summed E-state index contributed by atoms with van der Waals surface area (Å²) in [5, 5.41) is 7.39. The second-order valence-corrected chi connectivity index (χ2v) is 4.03. The molecule has 78 valence electrons. The van der Waals surface area contributed by atoms with Crippen molar-refractivity contribution >= 4 is 23.0 Å². The Morgan fingerprint density at radius 3 is 2.87 bits per heavy atom. The van der Waals surface area contributed by atoms with Crippen molar-refractivity contribution in [3.05, 3.63) is 34.2 Å². The molecule has 1 aliphatic heterocycles. The molecule has 1 saturated heterocycles. The van der Waals surface area contributed by atoms with Crippen molar-refractivity contribution in [2.24, 2.45) is 0 Å². The quantitative estimate of drug-likeness (QED) is 0.567. The molecular formula is C10H10N2O2S. The van der Waals surface area contributed by atoms with Crippen LogP contribution in [0.25, 0.3) is 0 Å². The fourth-order valence-corrected chi connectivity index (χ4v) is 1.92. The lowest BCUT2D eigenvalue weighted by molar-refractivity contribution is -0.118. The molecule has 1 aromatic heterocycles. The molecule has 2 N–H and O–H groups in total. The van der Waals surface area contributed by atoms with E-state index in [2.05, 4.69) is 10.6 Å². The Kier molecular flexibility index (Phi) is 2.82. The topological polar surface area (TPSA) is 58.2 Å². The number of hydrogen-bond donors (Lipinski definition) is 2. The number of carbonyl (C=O) groups is 2. The number of piperazine rings is 1. The van der Waals surface area contributed by atoms with E-state index in [4.69, 9.17) is 0 Å². The van der Waals surface area contributed by atoms with Gasteiger partial charge in [0.2, 0.25) is 0 Å². The molecule has 2 heterocycles. The van der Waals surface area contributed by atoms with Crippen molar-refractivity contribution in [3.63, 3.8) is 0 Å². The van der Waals surface area contributed by atoms with Gasteiger partial charge < -0.3 is 10.6 Å². The van der Waals surface area contributed by atoms with E-state index >= 15 is 0 Å². The lowest BCUT2D eigenvalue weighted by Gasteiger charge is -2.16. The monoisotopic (exact) mass is 222 g/mol. The number of rotatable bonds is 2. The highest BCUT2D eigenvalue weighted by atomic mass is 32.1. The van der Waals surface area contributed by atoms with Gasteiger partial charge in [-0.1, -0.05) is 6.07 Å². The van der Waals surface area contributed by atoms with E-state index in [1.807, 2.05) is 11.4 Å². The van der Waals surface area contributed by atoms with Crippen LogP contribution in [0.5, 0.6) is 0 Å². The van der Waals surface area contributed by atoms with Gasteiger partial charge in [-0.2, -0.15) is 0 Å². The minimum Gasteiger partial charge on any atom is -0.379 e. The summed E-state index contributed by atoms with van der Waals surface area (Å²) >= 11 is 1.37. The van der Waals surface area contributed by atoms with Crippen LogP contribution in [0.3, 0.4) is 0 Å². The number of ketones is 1. The highest BCUT2D eigenvalue weighted by Gasteiger charge is 2.15. The highest BCUT2D eigenvalue weighted by Crippen LogP contribution is 2.10.